The lowest BCUT2D eigenvalue weighted by atomic mass is 10.1. The molecule has 0 aromatic heterocycles. The lowest BCUT2D eigenvalue weighted by Crippen LogP contribution is -2.34. The van der Waals surface area contributed by atoms with E-state index >= 15 is 0 Å². The van der Waals surface area contributed by atoms with E-state index in [-0.39, 0.29) is 11.8 Å². The van der Waals surface area contributed by atoms with Gasteiger partial charge in [0.15, 0.2) is 0 Å². The summed E-state index contributed by atoms with van der Waals surface area (Å²) in [5, 5.41) is 13.1. The predicted octanol–water partition coefficient (Wildman–Crippen LogP) is 1.82. The Hall–Kier alpha value is -0.780. The Labute approximate surface area is 103 Å². The van der Waals surface area contributed by atoms with Gasteiger partial charge in [0.25, 0.3) is 0 Å². The van der Waals surface area contributed by atoms with Gasteiger partial charge in [-0.1, -0.05) is 0 Å². The summed E-state index contributed by atoms with van der Waals surface area (Å²) in [6.07, 6.45) is 0. The largest absolute Gasteiger partial charge is 0.507 e. The average Bonchev–Trinajstić information content (AvgIpc) is 2.33. The number of phenolic OH excluding ortho intramolecular Hbond substituents is 1. The van der Waals surface area contributed by atoms with Crippen LogP contribution in [0.15, 0.2) is 16.6 Å². The molecule has 1 aromatic rings. The van der Waals surface area contributed by atoms with Crippen LogP contribution in [0.4, 0.5) is 0 Å². The molecule has 1 unspecified atom stereocenters. The van der Waals surface area contributed by atoms with Crippen LogP contribution in [0.3, 0.4) is 0 Å². The first-order valence-corrected chi connectivity index (χ1v) is 5.89. The fourth-order valence-electron chi connectivity index (χ4n) is 1.73. The van der Waals surface area contributed by atoms with Gasteiger partial charge in [-0.05, 0) is 33.6 Å². The van der Waals surface area contributed by atoms with Crippen LogP contribution in [0.2, 0.25) is 0 Å². The minimum Gasteiger partial charge on any atom is -0.507 e. The Kier molecular flexibility index (Phi) is 3.68. The van der Waals surface area contributed by atoms with Crippen LogP contribution in [0.5, 0.6) is 11.5 Å². The van der Waals surface area contributed by atoms with E-state index in [9.17, 15) is 5.11 Å². The molecule has 4 nitrogen and oxygen atoms in total. The third-order valence-electron chi connectivity index (χ3n) is 2.59. The summed E-state index contributed by atoms with van der Waals surface area (Å²) in [5.41, 5.74) is 0.970. The van der Waals surface area contributed by atoms with Crippen molar-refractivity contribution in [1.82, 2.24) is 5.32 Å². The van der Waals surface area contributed by atoms with E-state index in [1.807, 2.05) is 6.07 Å². The van der Waals surface area contributed by atoms with E-state index in [1.165, 1.54) is 0 Å². The Morgan fingerprint density at radius 2 is 2.38 bits per heavy atom. The Balaban J connectivity index is 2.29. The van der Waals surface area contributed by atoms with Gasteiger partial charge in [0.2, 0.25) is 0 Å². The van der Waals surface area contributed by atoms with E-state index < -0.39 is 0 Å². The predicted molar refractivity (Wildman–Crippen MR) is 63.9 cm³/mol. The zero-order valence-electron chi connectivity index (χ0n) is 9.00. The minimum atomic E-state index is 0.113. The average molecular weight is 288 g/mol. The fourth-order valence-corrected chi connectivity index (χ4v) is 2.12. The Morgan fingerprint density at radius 1 is 1.56 bits per heavy atom. The highest BCUT2D eigenvalue weighted by molar-refractivity contribution is 9.10. The standard InChI is InChI=1S/C11H14BrNO3/c1-15-10-5-7(4-9(14)11(10)12)8-6-16-3-2-13-8/h4-5,8,13-14H,2-3,6H2,1H3. The number of ether oxygens (including phenoxy) is 2. The number of nitrogens with one attached hydrogen (secondary N) is 1. The lowest BCUT2D eigenvalue weighted by Gasteiger charge is -2.24. The van der Waals surface area contributed by atoms with E-state index in [2.05, 4.69) is 21.2 Å². The van der Waals surface area contributed by atoms with Crippen LogP contribution in [-0.2, 0) is 4.74 Å². The number of phenols is 1. The van der Waals surface area contributed by atoms with E-state index in [1.54, 1.807) is 13.2 Å². The monoisotopic (exact) mass is 287 g/mol. The minimum absolute atomic E-state index is 0.113. The molecule has 0 saturated carbocycles. The molecule has 5 heteroatoms. The molecule has 0 spiro atoms. The number of benzene rings is 1. The molecule has 0 aliphatic carbocycles. The molecule has 0 amide bonds. The third kappa shape index (κ3) is 2.31. The summed E-state index contributed by atoms with van der Waals surface area (Å²) < 4.78 is 11.1. The van der Waals surface area contributed by atoms with Gasteiger partial charge in [0, 0.05) is 6.54 Å². The SMILES string of the molecule is COc1cc(C2COCCN2)cc(O)c1Br. The lowest BCUT2D eigenvalue weighted by molar-refractivity contribution is 0.0767. The maximum Gasteiger partial charge on any atom is 0.137 e. The molecule has 2 rings (SSSR count). The molecular formula is C11H14BrNO3. The number of methoxy groups -OCH3 is 1. The quantitative estimate of drug-likeness (QED) is 0.871. The second-order valence-electron chi connectivity index (χ2n) is 3.64. The highest BCUT2D eigenvalue weighted by Gasteiger charge is 2.18. The highest BCUT2D eigenvalue weighted by atomic mass is 79.9. The summed E-state index contributed by atoms with van der Waals surface area (Å²) in [6, 6.07) is 3.73. The fraction of sp³-hybridized carbons (Fsp3) is 0.455. The zero-order valence-corrected chi connectivity index (χ0v) is 10.6. The number of halogens is 1. The molecule has 1 saturated heterocycles. The van der Waals surface area contributed by atoms with Crippen LogP contribution in [0, 0.1) is 0 Å². The molecule has 1 aliphatic rings. The van der Waals surface area contributed by atoms with Crippen molar-refractivity contribution in [1.29, 1.82) is 0 Å². The van der Waals surface area contributed by atoms with Gasteiger partial charge in [0.05, 0.1) is 26.4 Å². The van der Waals surface area contributed by atoms with Gasteiger partial charge >= 0.3 is 0 Å². The summed E-state index contributed by atoms with van der Waals surface area (Å²) in [5.74, 6) is 0.809. The van der Waals surface area contributed by atoms with Crippen LogP contribution in [0.1, 0.15) is 11.6 Å². The zero-order chi connectivity index (χ0) is 11.5. The van der Waals surface area contributed by atoms with Gasteiger partial charge in [-0.15, -0.1) is 0 Å². The molecule has 1 atom stereocenters. The summed E-state index contributed by atoms with van der Waals surface area (Å²) in [6.45, 7) is 2.17. The summed E-state index contributed by atoms with van der Waals surface area (Å²) in [7, 11) is 1.58. The molecule has 1 aromatic carbocycles. The molecule has 16 heavy (non-hydrogen) atoms. The van der Waals surface area contributed by atoms with Crippen LogP contribution < -0.4 is 10.1 Å². The number of aromatic hydroxyl groups is 1. The van der Waals surface area contributed by atoms with Crippen LogP contribution in [-0.4, -0.2) is 32.0 Å². The first kappa shape index (κ1) is 11.7. The second kappa shape index (κ2) is 5.03. The molecule has 88 valence electrons. The van der Waals surface area contributed by atoms with Gasteiger partial charge in [-0.3, -0.25) is 0 Å². The molecule has 1 aliphatic heterocycles. The van der Waals surface area contributed by atoms with Crippen molar-refractivity contribution >= 4 is 15.9 Å². The molecule has 0 bridgehead atoms. The maximum absolute atomic E-state index is 9.75. The van der Waals surface area contributed by atoms with E-state index in [0.717, 1.165) is 18.7 Å². The Morgan fingerprint density at radius 3 is 3.00 bits per heavy atom. The first-order valence-electron chi connectivity index (χ1n) is 5.10. The molecule has 1 fully saturated rings. The summed E-state index contributed by atoms with van der Waals surface area (Å²) in [4.78, 5) is 0. The molecule has 2 N–H and O–H groups in total. The van der Waals surface area contributed by atoms with Crippen molar-refractivity contribution in [2.45, 2.75) is 6.04 Å². The number of hydrogen-bond acceptors (Lipinski definition) is 4. The van der Waals surface area contributed by atoms with Gasteiger partial charge in [-0.25, -0.2) is 0 Å². The smallest absolute Gasteiger partial charge is 0.137 e. The Bertz CT molecular complexity index is 378. The van der Waals surface area contributed by atoms with Gasteiger partial charge in [-0.2, -0.15) is 0 Å². The topological polar surface area (TPSA) is 50.7 Å². The molecular weight excluding hydrogens is 274 g/mol. The van der Waals surface area contributed by atoms with Crippen molar-refractivity contribution in [3.05, 3.63) is 22.2 Å². The van der Waals surface area contributed by atoms with E-state index in [0.29, 0.717) is 16.8 Å². The highest BCUT2D eigenvalue weighted by Crippen LogP contribution is 2.36. The van der Waals surface area contributed by atoms with Crippen molar-refractivity contribution in [3.8, 4) is 11.5 Å². The van der Waals surface area contributed by atoms with E-state index in [4.69, 9.17) is 9.47 Å². The third-order valence-corrected chi connectivity index (χ3v) is 3.38. The number of hydrogen-bond donors (Lipinski definition) is 2. The van der Waals surface area contributed by atoms with Crippen LogP contribution >= 0.6 is 15.9 Å². The van der Waals surface area contributed by atoms with Crippen molar-refractivity contribution < 1.29 is 14.6 Å². The second-order valence-corrected chi connectivity index (χ2v) is 4.43. The van der Waals surface area contributed by atoms with Gasteiger partial charge in [0.1, 0.15) is 16.0 Å². The maximum atomic E-state index is 9.75. The van der Waals surface area contributed by atoms with Crippen LogP contribution in [0.25, 0.3) is 0 Å². The van der Waals surface area contributed by atoms with Gasteiger partial charge < -0.3 is 19.9 Å². The first-order chi connectivity index (χ1) is 7.72. The van der Waals surface area contributed by atoms with Crippen molar-refractivity contribution in [2.75, 3.05) is 26.9 Å². The van der Waals surface area contributed by atoms with Crippen molar-refractivity contribution in [3.63, 3.8) is 0 Å². The van der Waals surface area contributed by atoms with Crippen molar-refractivity contribution in [2.24, 2.45) is 0 Å². The number of rotatable bonds is 2. The molecule has 1 heterocycles. The molecule has 0 radical (unpaired) electrons. The number of morpholine rings is 1. The summed E-state index contributed by atoms with van der Waals surface area (Å²) >= 11 is 3.27. The normalized spacial score (nSPS) is 20.8.